The monoisotopic (exact) mass is 496 g/mol. The summed E-state index contributed by atoms with van der Waals surface area (Å²) in [6.07, 6.45) is 19.7. The van der Waals surface area contributed by atoms with Gasteiger partial charge in [-0.2, -0.15) is 0 Å². The smallest absolute Gasteiger partial charge is 0.330 e. The number of ether oxygens (including phenoxy) is 1. The first-order chi connectivity index (χ1) is 16.7. The lowest BCUT2D eigenvalue weighted by Gasteiger charge is -2.22. The Morgan fingerprint density at radius 3 is 1.60 bits per heavy atom. The highest BCUT2D eigenvalue weighted by Gasteiger charge is 2.29. The summed E-state index contributed by atoms with van der Waals surface area (Å²) in [6, 6.07) is 0. The second kappa shape index (κ2) is 21.4. The van der Waals surface area contributed by atoms with Gasteiger partial charge in [0, 0.05) is 6.08 Å². The quantitative estimate of drug-likeness (QED) is 0.114. The molecule has 1 aliphatic carbocycles. The Labute approximate surface area is 213 Å². The van der Waals surface area contributed by atoms with E-state index in [4.69, 9.17) is 14.9 Å². The zero-order valence-corrected chi connectivity index (χ0v) is 22.6. The van der Waals surface area contributed by atoms with Crippen LogP contribution in [0.4, 0.5) is 0 Å². The molecule has 1 unspecified atom stereocenters. The van der Waals surface area contributed by atoms with E-state index in [1.54, 1.807) is 0 Å². The molecular formula is C29H52O6. The van der Waals surface area contributed by atoms with Crippen LogP contribution < -0.4 is 0 Å². The van der Waals surface area contributed by atoms with Gasteiger partial charge in [0.25, 0.3) is 0 Å². The molecule has 0 heterocycles. The maximum atomic E-state index is 11.4. The minimum absolute atomic E-state index is 0.0869. The van der Waals surface area contributed by atoms with Crippen molar-refractivity contribution in [2.75, 3.05) is 0 Å². The summed E-state index contributed by atoms with van der Waals surface area (Å²) in [4.78, 5) is 32.4. The third kappa shape index (κ3) is 19.1. The van der Waals surface area contributed by atoms with E-state index in [0.717, 1.165) is 25.2 Å². The Morgan fingerprint density at radius 2 is 1.20 bits per heavy atom. The van der Waals surface area contributed by atoms with Gasteiger partial charge in [0.05, 0.1) is 11.8 Å². The minimum atomic E-state index is -0.793. The van der Waals surface area contributed by atoms with Crippen LogP contribution in [-0.4, -0.2) is 34.2 Å². The lowest BCUT2D eigenvalue weighted by Crippen LogP contribution is -2.25. The molecule has 0 amide bonds. The first kappa shape index (κ1) is 33.1. The van der Waals surface area contributed by atoms with E-state index in [1.807, 2.05) is 0 Å². The van der Waals surface area contributed by atoms with Gasteiger partial charge in [0.1, 0.15) is 6.10 Å². The Hall–Kier alpha value is -1.85. The topological polar surface area (TPSA) is 101 Å². The second-order valence-corrected chi connectivity index (χ2v) is 10.4. The Balaban J connectivity index is 0.000000801. The average Bonchev–Trinajstić information content (AvgIpc) is 2.82. The highest BCUT2D eigenvalue weighted by molar-refractivity contribution is 5.81. The number of hydrogen-bond acceptors (Lipinski definition) is 4. The average molecular weight is 497 g/mol. The molecule has 1 saturated carbocycles. The predicted molar refractivity (Wildman–Crippen MR) is 141 cm³/mol. The molecule has 0 aliphatic heterocycles. The van der Waals surface area contributed by atoms with Crippen LogP contribution >= 0.6 is 0 Å². The number of rotatable bonds is 18. The first-order valence-corrected chi connectivity index (χ1v) is 14.0. The van der Waals surface area contributed by atoms with E-state index in [9.17, 15) is 14.4 Å². The van der Waals surface area contributed by atoms with E-state index in [0.29, 0.717) is 25.7 Å². The summed E-state index contributed by atoms with van der Waals surface area (Å²) in [5.41, 5.74) is 0. The molecule has 0 aromatic rings. The number of carbonyl (C=O) groups is 3. The molecule has 0 aromatic heterocycles. The van der Waals surface area contributed by atoms with Crippen molar-refractivity contribution < 1.29 is 29.3 Å². The number of carboxylic acid groups (broad SMARTS) is 2. The maximum absolute atomic E-state index is 11.4. The first-order valence-electron chi connectivity index (χ1n) is 14.0. The number of hydrogen-bond donors (Lipinski definition) is 2. The molecule has 0 aromatic carbocycles. The molecule has 1 rings (SSSR count). The largest absolute Gasteiger partial charge is 0.481 e. The number of carbonyl (C=O) groups excluding carboxylic acids is 1. The van der Waals surface area contributed by atoms with Gasteiger partial charge < -0.3 is 14.9 Å². The van der Waals surface area contributed by atoms with Crippen molar-refractivity contribution in [2.45, 2.75) is 136 Å². The number of unbranched alkanes of at least 4 members (excludes halogenated alkanes) is 8. The Bertz CT molecular complexity index is 556. The van der Waals surface area contributed by atoms with Crippen LogP contribution in [0.1, 0.15) is 130 Å². The lowest BCUT2D eigenvalue weighted by atomic mass is 9.82. The molecule has 0 saturated heterocycles. The zero-order chi connectivity index (χ0) is 26.5. The van der Waals surface area contributed by atoms with Crippen molar-refractivity contribution in [3.63, 3.8) is 0 Å². The number of esters is 1. The van der Waals surface area contributed by atoms with Gasteiger partial charge in [-0.05, 0) is 57.3 Å². The van der Waals surface area contributed by atoms with E-state index in [-0.39, 0.29) is 23.9 Å². The third-order valence-electron chi connectivity index (χ3n) is 6.81. The van der Waals surface area contributed by atoms with E-state index in [1.165, 1.54) is 70.3 Å². The van der Waals surface area contributed by atoms with E-state index >= 15 is 0 Å². The Morgan fingerprint density at radius 1 is 0.771 bits per heavy atom. The lowest BCUT2D eigenvalue weighted by molar-refractivity contribution is -0.148. The molecule has 35 heavy (non-hydrogen) atoms. The van der Waals surface area contributed by atoms with E-state index in [2.05, 4.69) is 27.4 Å². The van der Waals surface area contributed by atoms with Crippen molar-refractivity contribution in [2.24, 2.45) is 17.8 Å². The normalized spacial score (nSPS) is 18.3. The van der Waals surface area contributed by atoms with Gasteiger partial charge in [-0.1, -0.05) is 85.1 Å². The fourth-order valence-electron chi connectivity index (χ4n) is 4.50. The van der Waals surface area contributed by atoms with Gasteiger partial charge in [-0.15, -0.1) is 0 Å². The van der Waals surface area contributed by atoms with Crippen LogP contribution in [-0.2, 0) is 19.1 Å². The fourth-order valence-corrected chi connectivity index (χ4v) is 4.50. The number of aliphatic carboxylic acids is 2. The van der Waals surface area contributed by atoms with Crippen LogP contribution in [0.5, 0.6) is 0 Å². The van der Waals surface area contributed by atoms with Crippen molar-refractivity contribution >= 4 is 17.9 Å². The number of carboxylic acids is 2. The summed E-state index contributed by atoms with van der Waals surface area (Å²) in [6.45, 7) is 10.2. The van der Waals surface area contributed by atoms with Crippen LogP contribution in [0, 0.1) is 17.8 Å². The van der Waals surface area contributed by atoms with Crippen LogP contribution in [0.15, 0.2) is 12.7 Å². The summed E-state index contributed by atoms with van der Waals surface area (Å²) in [7, 11) is 0. The molecule has 204 valence electrons. The molecule has 1 atom stereocenters. The van der Waals surface area contributed by atoms with Gasteiger partial charge in [0.15, 0.2) is 0 Å². The SMILES string of the molecule is C=CC(=O)OC(CCCCCCCCCCC)CCCC(C)C.O=C(O)C1CCC(C(=O)O)CC1. The molecule has 2 N–H and O–H groups in total. The van der Waals surface area contributed by atoms with Crippen molar-refractivity contribution in [1.29, 1.82) is 0 Å². The highest BCUT2D eigenvalue weighted by Crippen LogP contribution is 2.28. The maximum Gasteiger partial charge on any atom is 0.330 e. The molecule has 0 bridgehead atoms. The molecule has 0 spiro atoms. The van der Waals surface area contributed by atoms with Crippen LogP contribution in [0.2, 0.25) is 0 Å². The zero-order valence-electron chi connectivity index (χ0n) is 22.6. The fraction of sp³-hybridized carbons (Fsp3) is 0.828. The third-order valence-corrected chi connectivity index (χ3v) is 6.81. The standard InChI is InChI=1S/C21H40O2.C8H12O4/c1-5-7-8-9-10-11-12-13-14-17-20(23-21(22)6-2)18-15-16-19(3)4;9-7(10)5-1-2-6(4-3-5)8(11)12/h6,19-20H,2,5,7-18H2,1,3-4H3;5-6H,1-4H2,(H,9,10)(H,11,12). The minimum Gasteiger partial charge on any atom is -0.481 e. The van der Waals surface area contributed by atoms with Gasteiger partial charge in [-0.3, -0.25) is 9.59 Å². The van der Waals surface area contributed by atoms with Crippen molar-refractivity contribution in [3.05, 3.63) is 12.7 Å². The molecule has 1 fully saturated rings. The van der Waals surface area contributed by atoms with Gasteiger partial charge in [-0.25, -0.2) is 4.79 Å². The molecule has 1 aliphatic rings. The van der Waals surface area contributed by atoms with Crippen LogP contribution in [0.25, 0.3) is 0 Å². The summed E-state index contributed by atoms with van der Waals surface area (Å²) >= 11 is 0. The van der Waals surface area contributed by atoms with E-state index < -0.39 is 11.9 Å². The predicted octanol–water partition coefficient (Wildman–Crippen LogP) is 7.79. The summed E-state index contributed by atoms with van der Waals surface area (Å²) < 4.78 is 5.50. The molecular weight excluding hydrogens is 444 g/mol. The summed E-state index contributed by atoms with van der Waals surface area (Å²) in [5.74, 6) is -1.77. The van der Waals surface area contributed by atoms with Crippen molar-refractivity contribution in [3.8, 4) is 0 Å². The van der Waals surface area contributed by atoms with Gasteiger partial charge in [0.2, 0.25) is 0 Å². The molecule has 0 radical (unpaired) electrons. The molecule has 6 heteroatoms. The second-order valence-electron chi connectivity index (χ2n) is 10.4. The van der Waals surface area contributed by atoms with Gasteiger partial charge >= 0.3 is 17.9 Å². The van der Waals surface area contributed by atoms with Crippen molar-refractivity contribution in [1.82, 2.24) is 0 Å². The Kier molecular flexibility index (Phi) is 20.3. The highest BCUT2D eigenvalue weighted by atomic mass is 16.5. The molecule has 6 nitrogen and oxygen atoms in total. The summed E-state index contributed by atoms with van der Waals surface area (Å²) in [5, 5.41) is 17.2. The van der Waals surface area contributed by atoms with Crippen LogP contribution in [0.3, 0.4) is 0 Å².